The van der Waals surface area contributed by atoms with Crippen molar-refractivity contribution in [1.29, 1.82) is 0 Å². The van der Waals surface area contributed by atoms with Crippen molar-refractivity contribution in [3.05, 3.63) is 0 Å². The summed E-state index contributed by atoms with van der Waals surface area (Å²) in [4.78, 5) is 17.8. The van der Waals surface area contributed by atoms with E-state index in [1.165, 1.54) is 0 Å². The van der Waals surface area contributed by atoms with Gasteiger partial charge in [0.1, 0.15) is 6.79 Å². The van der Waals surface area contributed by atoms with Gasteiger partial charge in [-0.3, -0.25) is 4.79 Å². The fourth-order valence-corrected chi connectivity index (χ4v) is 0.368. The van der Waals surface area contributed by atoms with Crippen molar-refractivity contribution in [2.75, 3.05) is 13.7 Å². The first-order valence-corrected chi connectivity index (χ1v) is 2.77. The first kappa shape index (κ1) is 11.8. The molecule has 0 bridgehead atoms. The van der Waals surface area contributed by atoms with Crippen LogP contribution in [0.25, 0.3) is 0 Å². The summed E-state index contributed by atoms with van der Waals surface area (Å²) in [5.74, 6) is -0.762. The normalized spacial score (nSPS) is 7.70. The molecule has 4 heteroatoms. The summed E-state index contributed by atoms with van der Waals surface area (Å²) in [6.07, 6.45) is 0.805. The van der Waals surface area contributed by atoms with E-state index in [2.05, 4.69) is 4.74 Å². The van der Waals surface area contributed by atoms with Gasteiger partial charge in [0.05, 0.1) is 0 Å². The van der Waals surface area contributed by atoms with Crippen LogP contribution in [-0.4, -0.2) is 31.6 Å². The lowest BCUT2D eigenvalue weighted by molar-refractivity contribution is -0.137. The van der Waals surface area contributed by atoms with E-state index in [0.29, 0.717) is 13.0 Å². The summed E-state index contributed by atoms with van der Waals surface area (Å²) in [6, 6.07) is 0. The minimum Gasteiger partial charge on any atom is -0.481 e. The second kappa shape index (κ2) is 11.0. The molecule has 0 aromatic heterocycles. The third kappa shape index (κ3) is 15.7. The molecule has 0 rings (SSSR count). The van der Waals surface area contributed by atoms with Gasteiger partial charge >= 0.3 is 5.97 Å². The number of hydrogen-bond donors (Lipinski definition) is 1. The Bertz CT molecular complexity index is 81.8. The molecule has 0 atom stereocenters. The van der Waals surface area contributed by atoms with E-state index in [-0.39, 0.29) is 6.42 Å². The highest BCUT2D eigenvalue weighted by molar-refractivity contribution is 5.66. The Morgan fingerprint density at radius 2 is 2.10 bits per heavy atom. The molecule has 0 aliphatic carbocycles. The van der Waals surface area contributed by atoms with Gasteiger partial charge in [-0.15, -0.1) is 0 Å². The van der Waals surface area contributed by atoms with Crippen LogP contribution in [0.2, 0.25) is 0 Å². The molecular formula is C6H12O4. The Balaban J connectivity index is 0. The zero-order chi connectivity index (χ0) is 8.41. The molecule has 0 heterocycles. The molecule has 0 aliphatic rings. The predicted molar refractivity (Wildman–Crippen MR) is 35.9 cm³/mol. The number of hydrogen-bond acceptors (Lipinski definition) is 3. The topological polar surface area (TPSA) is 63.6 Å². The second-order valence-electron chi connectivity index (χ2n) is 1.49. The fourth-order valence-electron chi connectivity index (χ4n) is 0.368. The molecule has 60 valence electrons. The average molecular weight is 148 g/mol. The number of carboxylic acid groups (broad SMARTS) is 1. The van der Waals surface area contributed by atoms with Crippen molar-refractivity contribution in [1.82, 2.24) is 0 Å². The van der Waals surface area contributed by atoms with Crippen LogP contribution >= 0.6 is 0 Å². The van der Waals surface area contributed by atoms with Crippen molar-refractivity contribution in [3.63, 3.8) is 0 Å². The zero-order valence-corrected chi connectivity index (χ0v) is 6.00. The van der Waals surface area contributed by atoms with Crippen LogP contribution in [0.15, 0.2) is 0 Å². The fraction of sp³-hybridized carbons (Fsp3) is 0.667. The van der Waals surface area contributed by atoms with Gasteiger partial charge in [0.15, 0.2) is 0 Å². The number of carbonyl (C=O) groups is 2. The van der Waals surface area contributed by atoms with E-state index >= 15 is 0 Å². The molecule has 10 heavy (non-hydrogen) atoms. The van der Waals surface area contributed by atoms with Crippen molar-refractivity contribution in [2.24, 2.45) is 0 Å². The molecular weight excluding hydrogens is 136 g/mol. The lowest BCUT2D eigenvalue weighted by Gasteiger charge is -1.91. The molecule has 0 radical (unpaired) electrons. The van der Waals surface area contributed by atoms with E-state index in [4.69, 9.17) is 9.90 Å². The summed E-state index contributed by atoms with van der Waals surface area (Å²) in [5.41, 5.74) is 0. The predicted octanol–water partition coefficient (Wildman–Crippen LogP) is 0.313. The van der Waals surface area contributed by atoms with Gasteiger partial charge in [0, 0.05) is 20.1 Å². The number of aliphatic carboxylic acids is 1. The lowest BCUT2D eigenvalue weighted by Crippen LogP contribution is -1.97. The molecule has 1 N–H and O–H groups in total. The number of rotatable bonds is 4. The Labute approximate surface area is 59.8 Å². The first-order valence-electron chi connectivity index (χ1n) is 2.77. The highest BCUT2D eigenvalue weighted by Gasteiger charge is 1.93. The van der Waals surface area contributed by atoms with Gasteiger partial charge in [-0.2, -0.15) is 0 Å². The van der Waals surface area contributed by atoms with Gasteiger partial charge in [-0.1, -0.05) is 0 Å². The first-order chi connectivity index (χ1) is 4.77. The molecule has 4 nitrogen and oxygen atoms in total. The lowest BCUT2D eigenvalue weighted by atomic mass is 10.3. The van der Waals surface area contributed by atoms with Crippen LogP contribution < -0.4 is 0 Å². The summed E-state index contributed by atoms with van der Waals surface area (Å²) < 4.78 is 4.63. The van der Waals surface area contributed by atoms with Gasteiger partial charge in [0.2, 0.25) is 0 Å². The van der Waals surface area contributed by atoms with Crippen LogP contribution in [0, 0.1) is 0 Å². The van der Waals surface area contributed by atoms with Crippen molar-refractivity contribution in [2.45, 2.75) is 12.8 Å². The highest BCUT2D eigenvalue weighted by Crippen LogP contribution is 1.86. The maximum absolute atomic E-state index is 9.82. The molecule has 0 aromatic rings. The SMILES string of the molecule is C=O.COCCCC(=O)O. The molecule has 0 saturated carbocycles. The van der Waals surface area contributed by atoms with Crippen molar-refractivity contribution >= 4 is 12.8 Å². The summed E-state index contributed by atoms with van der Waals surface area (Å²) >= 11 is 0. The Hall–Kier alpha value is -0.900. The van der Waals surface area contributed by atoms with Gasteiger partial charge in [-0.05, 0) is 6.42 Å². The molecule has 0 aromatic carbocycles. The van der Waals surface area contributed by atoms with E-state index in [9.17, 15) is 4.79 Å². The third-order valence-electron chi connectivity index (χ3n) is 0.739. The number of carboxylic acids is 1. The van der Waals surface area contributed by atoms with Gasteiger partial charge in [-0.25, -0.2) is 0 Å². The number of methoxy groups -OCH3 is 1. The Morgan fingerprint density at radius 3 is 2.40 bits per heavy atom. The summed E-state index contributed by atoms with van der Waals surface area (Å²) in [7, 11) is 1.56. The zero-order valence-electron chi connectivity index (χ0n) is 6.00. The third-order valence-corrected chi connectivity index (χ3v) is 0.739. The van der Waals surface area contributed by atoms with Crippen LogP contribution in [0.5, 0.6) is 0 Å². The largest absolute Gasteiger partial charge is 0.481 e. The average Bonchev–Trinajstić information content (AvgIpc) is 1.92. The monoisotopic (exact) mass is 148 g/mol. The van der Waals surface area contributed by atoms with Crippen LogP contribution in [0.4, 0.5) is 0 Å². The maximum Gasteiger partial charge on any atom is 0.303 e. The van der Waals surface area contributed by atoms with Crippen LogP contribution in [-0.2, 0) is 14.3 Å². The highest BCUT2D eigenvalue weighted by atomic mass is 16.5. The van der Waals surface area contributed by atoms with Gasteiger partial charge < -0.3 is 14.6 Å². The molecule has 0 spiro atoms. The van der Waals surface area contributed by atoms with Crippen LogP contribution in [0.3, 0.4) is 0 Å². The Morgan fingerprint density at radius 1 is 1.60 bits per heavy atom. The molecule has 0 amide bonds. The summed E-state index contributed by atoms with van der Waals surface area (Å²) in [5, 5.41) is 8.08. The minimum absolute atomic E-state index is 0.202. The Kier molecular flexibility index (Phi) is 13.0. The molecule has 0 aliphatic heterocycles. The van der Waals surface area contributed by atoms with Crippen molar-refractivity contribution in [3.8, 4) is 0 Å². The second-order valence-corrected chi connectivity index (χ2v) is 1.49. The standard InChI is InChI=1S/C5H10O3.CH2O/c1-8-4-2-3-5(6)7;1-2/h2-4H2,1H3,(H,6,7);1H2. The van der Waals surface area contributed by atoms with E-state index < -0.39 is 5.97 Å². The quantitative estimate of drug-likeness (QED) is 0.583. The van der Waals surface area contributed by atoms with Crippen molar-refractivity contribution < 1.29 is 19.4 Å². The number of ether oxygens (including phenoxy) is 1. The van der Waals surface area contributed by atoms with E-state index in [0.717, 1.165) is 0 Å². The molecule has 0 fully saturated rings. The number of carbonyl (C=O) groups excluding carboxylic acids is 1. The van der Waals surface area contributed by atoms with Gasteiger partial charge in [0.25, 0.3) is 0 Å². The molecule has 0 unspecified atom stereocenters. The smallest absolute Gasteiger partial charge is 0.303 e. The van der Waals surface area contributed by atoms with E-state index in [1.807, 2.05) is 6.79 Å². The summed E-state index contributed by atoms with van der Waals surface area (Å²) in [6.45, 7) is 2.53. The maximum atomic E-state index is 9.82. The molecule has 0 saturated heterocycles. The van der Waals surface area contributed by atoms with Crippen LogP contribution in [0.1, 0.15) is 12.8 Å². The minimum atomic E-state index is -0.762. The van der Waals surface area contributed by atoms with E-state index in [1.54, 1.807) is 7.11 Å².